The van der Waals surface area contributed by atoms with Crippen molar-refractivity contribution in [2.24, 2.45) is 5.73 Å². The lowest BCUT2D eigenvalue weighted by Gasteiger charge is -2.00. The number of nitrogens with one attached hydrogen (secondary N) is 1. The van der Waals surface area contributed by atoms with E-state index in [-0.39, 0.29) is 12.3 Å². The zero-order chi connectivity index (χ0) is 9.56. The van der Waals surface area contributed by atoms with Gasteiger partial charge in [-0.2, -0.15) is 0 Å². The predicted molar refractivity (Wildman–Crippen MR) is 50.1 cm³/mol. The van der Waals surface area contributed by atoms with E-state index < -0.39 is 0 Å². The summed E-state index contributed by atoms with van der Waals surface area (Å²) < 4.78 is 0. The molecule has 3 N–H and O–H groups in total. The molecule has 0 aliphatic carbocycles. The van der Waals surface area contributed by atoms with Crippen molar-refractivity contribution in [1.29, 1.82) is 5.41 Å². The summed E-state index contributed by atoms with van der Waals surface area (Å²) in [6.45, 7) is 3.64. The van der Waals surface area contributed by atoms with Crippen molar-refractivity contribution in [2.45, 2.75) is 20.3 Å². The summed E-state index contributed by atoms with van der Waals surface area (Å²) in [5, 5.41) is 6.99. The summed E-state index contributed by atoms with van der Waals surface area (Å²) in [4.78, 5) is 10.6. The molecule has 0 aromatic carbocycles. The van der Waals surface area contributed by atoms with E-state index in [1.807, 2.05) is 13.0 Å². The van der Waals surface area contributed by atoms with E-state index in [2.05, 4.69) is 0 Å². The number of carbonyl (C=O) groups is 1. The number of hydrogen-bond acceptors (Lipinski definition) is 2. The largest absolute Gasteiger partial charge is 0.369 e. The average Bonchev–Trinajstić information content (AvgIpc) is 2.01. The molecule has 0 heterocycles. The van der Waals surface area contributed by atoms with E-state index in [1.54, 1.807) is 13.0 Å². The molecule has 0 atom stereocenters. The Kier molecular flexibility index (Phi) is 4.69. The minimum Gasteiger partial charge on any atom is -0.369 e. The molecule has 0 aliphatic rings. The van der Waals surface area contributed by atoms with Crippen LogP contribution in [-0.2, 0) is 4.79 Å². The maximum absolute atomic E-state index is 10.6. The lowest BCUT2D eigenvalue weighted by atomic mass is 10.1. The maximum Gasteiger partial charge on any atom is 0.221 e. The van der Waals surface area contributed by atoms with Crippen LogP contribution in [0.5, 0.6) is 0 Å². The zero-order valence-electron chi connectivity index (χ0n) is 7.42. The Balaban J connectivity index is 4.65. The fraction of sp³-hybridized carbons (Fsp3) is 0.333. The van der Waals surface area contributed by atoms with Gasteiger partial charge in [0, 0.05) is 6.21 Å². The topological polar surface area (TPSA) is 66.9 Å². The molecule has 1 amide bonds. The van der Waals surface area contributed by atoms with Crippen LogP contribution in [0.4, 0.5) is 0 Å². The monoisotopic (exact) mass is 166 g/mol. The van der Waals surface area contributed by atoms with Crippen molar-refractivity contribution in [2.75, 3.05) is 0 Å². The van der Waals surface area contributed by atoms with Crippen LogP contribution in [0.2, 0.25) is 0 Å². The first-order chi connectivity index (χ1) is 5.61. The van der Waals surface area contributed by atoms with Gasteiger partial charge in [0.1, 0.15) is 0 Å². The highest BCUT2D eigenvalue weighted by atomic mass is 16.1. The van der Waals surface area contributed by atoms with Crippen molar-refractivity contribution >= 4 is 12.1 Å². The third kappa shape index (κ3) is 3.71. The smallest absolute Gasteiger partial charge is 0.221 e. The second kappa shape index (κ2) is 5.29. The minimum absolute atomic E-state index is 0.200. The van der Waals surface area contributed by atoms with Gasteiger partial charge in [0.2, 0.25) is 5.91 Å². The summed E-state index contributed by atoms with van der Waals surface area (Å²) >= 11 is 0. The molecule has 0 unspecified atom stereocenters. The van der Waals surface area contributed by atoms with Gasteiger partial charge in [0.25, 0.3) is 0 Å². The molecule has 0 bridgehead atoms. The number of hydrogen-bond donors (Lipinski definition) is 2. The van der Waals surface area contributed by atoms with Gasteiger partial charge in [0.05, 0.1) is 6.42 Å². The number of carbonyl (C=O) groups excluding carboxylic acids is 1. The van der Waals surface area contributed by atoms with Gasteiger partial charge in [-0.1, -0.05) is 12.2 Å². The van der Waals surface area contributed by atoms with E-state index in [4.69, 9.17) is 11.1 Å². The second-order valence-corrected chi connectivity index (χ2v) is 2.50. The molecule has 0 aromatic rings. The van der Waals surface area contributed by atoms with Crippen molar-refractivity contribution < 1.29 is 4.79 Å². The first-order valence-electron chi connectivity index (χ1n) is 3.73. The van der Waals surface area contributed by atoms with E-state index >= 15 is 0 Å². The number of primary amides is 1. The van der Waals surface area contributed by atoms with E-state index in [0.29, 0.717) is 0 Å². The number of amides is 1. The van der Waals surface area contributed by atoms with Crippen LogP contribution >= 0.6 is 0 Å². The van der Waals surface area contributed by atoms with Crippen molar-refractivity contribution in [3.63, 3.8) is 0 Å². The van der Waals surface area contributed by atoms with E-state index in [0.717, 1.165) is 11.1 Å². The fourth-order valence-electron chi connectivity index (χ4n) is 0.811. The molecule has 0 rings (SSSR count). The summed E-state index contributed by atoms with van der Waals surface area (Å²) in [5.41, 5.74) is 6.61. The van der Waals surface area contributed by atoms with Gasteiger partial charge < -0.3 is 11.1 Å². The molecule has 0 saturated carbocycles. The molecule has 0 radical (unpaired) electrons. The molecule has 3 heteroatoms. The standard InChI is InChI=1S/C9H14N2O/c1-3-4-8(5-9(11)12)7(2)6-10/h3-4,6,10H,5H2,1-2H3,(H2,11,12)/b4-3+,8-7+,10-6?. The Labute approximate surface area is 72.5 Å². The van der Waals surface area contributed by atoms with Crippen LogP contribution in [0.25, 0.3) is 0 Å². The Bertz CT molecular complexity index is 239. The Morgan fingerprint density at radius 3 is 2.50 bits per heavy atom. The van der Waals surface area contributed by atoms with Gasteiger partial charge >= 0.3 is 0 Å². The summed E-state index contributed by atoms with van der Waals surface area (Å²) in [7, 11) is 0. The summed E-state index contributed by atoms with van der Waals surface area (Å²) in [6, 6.07) is 0. The third-order valence-corrected chi connectivity index (χ3v) is 1.46. The van der Waals surface area contributed by atoms with Gasteiger partial charge in [-0.25, -0.2) is 0 Å². The Hall–Kier alpha value is -1.38. The van der Waals surface area contributed by atoms with Gasteiger partial charge in [-0.3, -0.25) is 4.79 Å². The average molecular weight is 166 g/mol. The lowest BCUT2D eigenvalue weighted by Crippen LogP contribution is -2.11. The summed E-state index contributed by atoms with van der Waals surface area (Å²) in [6.07, 6.45) is 5.04. The highest BCUT2D eigenvalue weighted by Gasteiger charge is 2.00. The first-order valence-corrected chi connectivity index (χ1v) is 3.73. The van der Waals surface area contributed by atoms with Crippen LogP contribution in [0, 0.1) is 5.41 Å². The van der Waals surface area contributed by atoms with Crippen molar-refractivity contribution in [3.05, 3.63) is 23.3 Å². The molecule has 0 spiro atoms. The van der Waals surface area contributed by atoms with Crippen LogP contribution in [0.15, 0.2) is 23.3 Å². The quantitative estimate of drug-likeness (QED) is 0.481. The predicted octanol–water partition coefficient (Wildman–Crippen LogP) is 1.40. The van der Waals surface area contributed by atoms with Crippen LogP contribution in [-0.4, -0.2) is 12.1 Å². The molecule has 0 saturated heterocycles. The highest BCUT2D eigenvalue weighted by Crippen LogP contribution is 2.08. The van der Waals surface area contributed by atoms with Crippen LogP contribution < -0.4 is 5.73 Å². The fourth-order valence-corrected chi connectivity index (χ4v) is 0.811. The normalized spacial score (nSPS) is 12.8. The minimum atomic E-state index is -0.371. The molecular formula is C9H14N2O. The number of nitrogens with two attached hydrogens (primary N) is 1. The third-order valence-electron chi connectivity index (χ3n) is 1.46. The lowest BCUT2D eigenvalue weighted by molar-refractivity contribution is -0.117. The van der Waals surface area contributed by atoms with Crippen molar-refractivity contribution in [1.82, 2.24) is 0 Å². The van der Waals surface area contributed by atoms with Gasteiger partial charge in [0.15, 0.2) is 0 Å². The van der Waals surface area contributed by atoms with Gasteiger partial charge in [-0.15, -0.1) is 0 Å². The van der Waals surface area contributed by atoms with Crippen molar-refractivity contribution in [3.8, 4) is 0 Å². The molecular weight excluding hydrogens is 152 g/mol. The number of rotatable bonds is 4. The SMILES string of the molecule is C/C=C/C(CC(N)=O)=C(/C)C=N. The molecule has 66 valence electrons. The Morgan fingerprint density at radius 1 is 1.58 bits per heavy atom. The zero-order valence-corrected chi connectivity index (χ0v) is 7.42. The number of allylic oxidation sites excluding steroid dienone is 3. The van der Waals surface area contributed by atoms with Crippen LogP contribution in [0.3, 0.4) is 0 Å². The first kappa shape index (κ1) is 10.6. The van der Waals surface area contributed by atoms with Crippen LogP contribution in [0.1, 0.15) is 20.3 Å². The Morgan fingerprint density at radius 2 is 2.17 bits per heavy atom. The summed E-state index contributed by atoms with van der Waals surface area (Å²) in [5.74, 6) is -0.371. The molecule has 0 fully saturated rings. The highest BCUT2D eigenvalue weighted by molar-refractivity contribution is 5.83. The van der Waals surface area contributed by atoms with E-state index in [9.17, 15) is 4.79 Å². The van der Waals surface area contributed by atoms with E-state index in [1.165, 1.54) is 6.21 Å². The molecule has 0 aromatic heterocycles. The van der Waals surface area contributed by atoms with Gasteiger partial charge in [-0.05, 0) is 25.0 Å². The molecule has 0 aliphatic heterocycles. The molecule has 12 heavy (non-hydrogen) atoms. The molecule has 3 nitrogen and oxygen atoms in total. The second-order valence-electron chi connectivity index (χ2n) is 2.50. The maximum atomic E-state index is 10.6.